The molecule has 5 aromatic rings. The number of halogens is 1. The second-order valence-corrected chi connectivity index (χ2v) is 7.60. The van der Waals surface area contributed by atoms with Gasteiger partial charge in [-0.15, -0.1) is 0 Å². The molecule has 0 atom stereocenters. The number of aromatic nitrogens is 3. The molecule has 0 amide bonds. The minimum Gasteiger partial charge on any atom is -0.443 e. The highest BCUT2D eigenvalue weighted by atomic mass is 19.1. The molecular formula is C25H21FN4O. The summed E-state index contributed by atoms with van der Waals surface area (Å²) >= 11 is 0. The molecule has 0 saturated carbocycles. The maximum Gasteiger partial charge on any atom is 0.181 e. The van der Waals surface area contributed by atoms with Gasteiger partial charge in [-0.1, -0.05) is 6.07 Å². The summed E-state index contributed by atoms with van der Waals surface area (Å²) in [5.41, 5.74) is 7.57. The van der Waals surface area contributed by atoms with Crippen molar-refractivity contribution in [3.05, 3.63) is 84.1 Å². The second-order valence-electron chi connectivity index (χ2n) is 7.60. The van der Waals surface area contributed by atoms with Crippen LogP contribution in [0.1, 0.15) is 11.3 Å². The zero-order chi connectivity index (χ0) is 21.5. The highest BCUT2D eigenvalue weighted by molar-refractivity contribution is 5.93. The average molecular weight is 412 g/mol. The maximum absolute atomic E-state index is 13.3. The lowest BCUT2D eigenvalue weighted by Gasteiger charge is -2.10. The third kappa shape index (κ3) is 3.36. The van der Waals surface area contributed by atoms with E-state index in [-0.39, 0.29) is 5.82 Å². The summed E-state index contributed by atoms with van der Waals surface area (Å²) in [6.07, 6.45) is 1.47. The minimum atomic E-state index is -0.260. The molecule has 0 fully saturated rings. The number of benzene rings is 3. The number of para-hydroxylation sites is 1. The van der Waals surface area contributed by atoms with Gasteiger partial charge >= 0.3 is 0 Å². The highest BCUT2D eigenvalue weighted by Crippen LogP contribution is 2.32. The van der Waals surface area contributed by atoms with Gasteiger partial charge in [-0.3, -0.25) is 0 Å². The van der Waals surface area contributed by atoms with Gasteiger partial charge in [0.15, 0.2) is 12.2 Å². The first kappa shape index (κ1) is 19.1. The number of aryl methyl sites for hydroxylation is 3. The Morgan fingerprint density at radius 2 is 1.81 bits per heavy atom. The summed E-state index contributed by atoms with van der Waals surface area (Å²) in [6, 6.07) is 18.6. The summed E-state index contributed by atoms with van der Waals surface area (Å²) in [4.78, 5) is 9.04. The number of hydrogen-bond donors (Lipinski definition) is 1. The van der Waals surface area contributed by atoms with E-state index in [1.165, 1.54) is 18.5 Å². The molecule has 2 heterocycles. The third-order valence-electron chi connectivity index (χ3n) is 5.51. The van der Waals surface area contributed by atoms with Gasteiger partial charge in [0.1, 0.15) is 17.2 Å². The van der Waals surface area contributed by atoms with Crippen LogP contribution >= 0.6 is 0 Å². The van der Waals surface area contributed by atoms with Crippen LogP contribution in [0.3, 0.4) is 0 Å². The quantitative estimate of drug-likeness (QED) is 0.371. The molecule has 5 nitrogen and oxygen atoms in total. The third-order valence-corrected chi connectivity index (χ3v) is 5.51. The molecule has 0 aliphatic rings. The lowest BCUT2D eigenvalue weighted by Crippen LogP contribution is -1.94. The number of nitrogens with one attached hydrogen (secondary N) is 1. The molecule has 0 spiro atoms. The number of rotatable bonds is 4. The van der Waals surface area contributed by atoms with Crippen molar-refractivity contribution in [1.82, 2.24) is 14.5 Å². The van der Waals surface area contributed by atoms with E-state index in [9.17, 15) is 4.39 Å². The molecular weight excluding hydrogens is 391 g/mol. The molecule has 0 radical (unpaired) electrons. The molecule has 0 bridgehead atoms. The van der Waals surface area contributed by atoms with Gasteiger partial charge in [0, 0.05) is 23.9 Å². The van der Waals surface area contributed by atoms with Crippen molar-refractivity contribution in [2.24, 2.45) is 7.05 Å². The molecule has 0 aliphatic heterocycles. The molecule has 154 valence electrons. The fourth-order valence-corrected chi connectivity index (χ4v) is 3.88. The fourth-order valence-electron chi connectivity index (χ4n) is 3.88. The topological polar surface area (TPSA) is 55.9 Å². The summed E-state index contributed by atoms with van der Waals surface area (Å²) in [7, 11) is 1.97. The number of hydrogen-bond acceptors (Lipinski definition) is 4. The fraction of sp³-hybridized carbons (Fsp3) is 0.120. The van der Waals surface area contributed by atoms with Crippen molar-refractivity contribution in [3.8, 4) is 22.7 Å². The van der Waals surface area contributed by atoms with E-state index in [1.54, 1.807) is 12.1 Å². The summed E-state index contributed by atoms with van der Waals surface area (Å²) in [5.74, 6) is 1.32. The zero-order valence-electron chi connectivity index (χ0n) is 17.5. The van der Waals surface area contributed by atoms with E-state index in [0.29, 0.717) is 0 Å². The van der Waals surface area contributed by atoms with Crippen LogP contribution in [0.25, 0.3) is 33.7 Å². The first-order valence-corrected chi connectivity index (χ1v) is 10.0. The van der Waals surface area contributed by atoms with Crippen molar-refractivity contribution < 1.29 is 8.81 Å². The van der Waals surface area contributed by atoms with Crippen LogP contribution in [-0.4, -0.2) is 14.5 Å². The van der Waals surface area contributed by atoms with Gasteiger partial charge in [-0.2, -0.15) is 0 Å². The van der Waals surface area contributed by atoms with E-state index >= 15 is 0 Å². The van der Waals surface area contributed by atoms with Crippen molar-refractivity contribution in [1.29, 1.82) is 0 Å². The smallest absolute Gasteiger partial charge is 0.181 e. The number of nitrogens with zero attached hydrogens (tertiary/aromatic N) is 3. The molecule has 6 heteroatoms. The molecule has 0 saturated heterocycles. The van der Waals surface area contributed by atoms with Crippen LogP contribution in [-0.2, 0) is 7.05 Å². The van der Waals surface area contributed by atoms with Gasteiger partial charge in [-0.25, -0.2) is 14.4 Å². The summed E-state index contributed by atoms with van der Waals surface area (Å²) < 4.78 is 20.9. The normalized spacial score (nSPS) is 11.2. The van der Waals surface area contributed by atoms with Gasteiger partial charge in [0.2, 0.25) is 0 Å². The Morgan fingerprint density at radius 1 is 1.00 bits per heavy atom. The van der Waals surface area contributed by atoms with Crippen molar-refractivity contribution in [2.75, 3.05) is 5.32 Å². The molecule has 31 heavy (non-hydrogen) atoms. The van der Waals surface area contributed by atoms with Gasteiger partial charge in [0.25, 0.3) is 0 Å². The van der Waals surface area contributed by atoms with Crippen molar-refractivity contribution in [2.45, 2.75) is 13.8 Å². The van der Waals surface area contributed by atoms with Gasteiger partial charge < -0.3 is 14.3 Å². The molecule has 5 rings (SSSR count). The van der Waals surface area contributed by atoms with Gasteiger partial charge in [0.05, 0.1) is 16.9 Å². The Hall–Kier alpha value is -3.93. The lowest BCUT2D eigenvalue weighted by atomic mass is 10.0. The van der Waals surface area contributed by atoms with Crippen LogP contribution in [0.5, 0.6) is 0 Å². The average Bonchev–Trinajstić information content (AvgIpc) is 3.33. The predicted octanol–water partition coefficient (Wildman–Crippen LogP) is 6.39. The zero-order valence-corrected chi connectivity index (χ0v) is 17.5. The van der Waals surface area contributed by atoms with Crippen LogP contribution in [0.4, 0.5) is 15.8 Å². The van der Waals surface area contributed by atoms with Crippen molar-refractivity contribution >= 4 is 22.4 Å². The largest absolute Gasteiger partial charge is 0.443 e. The van der Waals surface area contributed by atoms with E-state index in [4.69, 9.17) is 9.40 Å². The Morgan fingerprint density at radius 3 is 2.52 bits per heavy atom. The minimum absolute atomic E-state index is 0.260. The summed E-state index contributed by atoms with van der Waals surface area (Å²) in [6.45, 7) is 3.99. The monoisotopic (exact) mass is 412 g/mol. The number of anilines is 2. The Bertz CT molecular complexity index is 1400. The Labute approximate surface area is 179 Å². The first-order chi connectivity index (χ1) is 15.0. The first-order valence-electron chi connectivity index (χ1n) is 10.0. The molecule has 0 unspecified atom stereocenters. The highest BCUT2D eigenvalue weighted by Gasteiger charge is 2.14. The van der Waals surface area contributed by atoms with Crippen LogP contribution < -0.4 is 5.32 Å². The molecule has 1 N–H and O–H groups in total. The van der Waals surface area contributed by atoms with Gasteiger partial charge in [-0.05, 0) is 74.0 Å². The summed E-state index contributed by atoms with van der Waals surface area (Å²) in [5, 5.41) is 3.49. The van der Waals surface area contributed by atoms with E-state index in [1.807, 2.05) is 48.9 Å². The lowest BCUT2D eigenvalue weighted by molar-refractivity contribution is 0.571. The van der Waals surface area contributed by atoms with Crippen molar-refractivity contribution in [3.63, 3.8) is 0 Å². The maximum atomic E-state index is 13.3. The number of oxazole rings is 1. The number of imidazole rings is 1. The van der Waals surface area contributed by atoms with Crippen LogP contribution in [0.2, 0.25) is 0 Å². The van der Waals surface area contributed by atoms with E-state index in [2.05, 4.69) is 23.3 Å². The SMILES string of the molecule is Cc1cc(Nc2cccc3c2nc(-c2ccc(F)cc2)n3C)ccc1-c1ocnc1C. The van der Waals surface area contributed by atoms with E-state index < -0.39 is 0 Å². The standard InChI is InChI=1S/C25H21FN4O/c1-15-13-19(11-12-20(15)24-16(2)27-14-31-24)28-21-5-4-6-22-23(21)29-25(30(22)3)17-7-9-18(26)10-8-17/h4-14,28H,1-3H3. The van der Waals surface area contributed by atoms with Crippen LogP contribution in [0.15, 0.2) is 71.5 Å². The predicted molar refractivity (Wildman–Crippen MR) is 121 cm³/mol. The molecule has 0 aliphatic carbocycles. The van der Waals surface area contributed by atoms with Crippen LogP contribution in [0, 0.1) is 19.7 Å². The Balaban J connectivity index is 1.52. The molecule has 2 aromatic heterocycles. The Kier molecular flexibility index (Phi) is 4.55. The molecule has 3 aromatic carbocycles. The van der Waals surface area contributed by atoms with E-state index in [0.717, 1.165) is 56.4 Å². The second kappa shape index (κ2) is 7.40. The number of fused-ring (bicyclic) bond motifs is 1.